The topological polar surface area (TPSA) is 29.1 Å². The summed E-state index contributed by atoms with van der Waals surface area (Å²) in [5.41, 5.74) is 0. The van der Waals surface area contributed by atoms with Gasteiger partial charge in [0.1, 0.15) is 0 Å². The van der Waals surface area contributed by atoms with E-state index in [1.165, 1.54) is 0 Å². The van der Waals surface area contributed by atoms with E-state index in [0.29, 0.717) is 24.7 Å². The lowest BCUT2D eigenvalue weighted by Gasteiger charge is -2.27. The van der Waals surface area contributed by atoms with Crippen LogP contribution in [0.25, 0.3) is 0 Å². The highest BCUT2D eigenvalue weighted by molar-refractivity contribution is 9.09. The van der Waals surface area contributed by atoms with Gasteiger partial charge in [0.15, 0.2) is 0 Å². The first kappa shape index (κ1) is 11.9. The van der Waals surface area contributed by atoms with Crippen LogP contribution in [-0.4, -0.2) is 23.7 Å². The Bertz CT molecular complexity index is 201. The van der Waals surface area contributed by atoms with Crippen molar-refractivity contribution in [3.63, 3.8) is 0 Å². The minimum atomic E-state index is -2.55. The van der Waals surface area contributed by atoms with Crippen LogP contribution >= 0.6 is 15.9 Å². The van der Waals surface area contributed by atoms with Crippen molar-refractivity contribution in [1.29, 1.82) is 0 Å². The van der Waals surface area contributed by atoms with Gasteiger partial charge in [-0.2, -0.15) is 0 Å². The molecule has 0 bridgehead atoms. The molecule has 0 spiro atoms. The van der Waals surface area contributed by atoms with Crippen LogP contribution in [0.15, 0.2) is 0 Å². The highest BCUT2D eigenvalue weighted by Crippen LogP contribution is 2.36. The molecule has 82 valence electrons. The van der Waals surface area contributed by atoms with Crippen molar-refractivity contribution in [3.05, 3.63) is 0 Å². The number of rotatable bonds is 3. The molecule has 0 atom stereocenters. The molecule has 0 heterocycles. The molecule has 0 aromatic rings. The van der Waals surface area contributed by atoms with Crippen LogP contribution in [0.1, 0.15) is 25.7 Å². The van der Waals surface area contributed by atoms with Crippen LogP contribution in [0.2, 0.25) is 0 Å². The minimum absolute atomic E-state index is 0.0834. The van der Waals surface area contributed by atoms with Crippen molar-refractivity contribution in [1.82, 2.24) is 5.32 Å². The van der Waals surface area contributed by atoms with Gasteiger partial charge in [-0.15, -0.1) is 0 Å². The normalized spacial score (nSPS) is 21.9. The van der Waals surface area contributed by atoms with Crippen molar-refractivity contribution in [3.8, 4) is 0 Å². The number of halogens is 3. The third-order valence-electron chi connectivity index (χ3n) is 2.48. The van der Waals surface area contributed by atoms with E-state index in [1.54, 1.807) is 0 Å². The van der Waals surface area contributed by atoms with Crippen LogP contribution in [0.4, 0.5) is 8.78 Å². The molecule has 1 aliphatic carbocycles. The second-order valence-corrected chi connectivity index (χ2v) is 4.40. The Morgan fingerprint density at radius 3 is 2.50 bits per heavy atom. The van der Waals surface area contributed by atoms with Crippen molar-refractivity contribution in [2.24, 2.45) is 5.92 Å². The number of amides is 1. The zero-order valence-corrected chi connectivity index (χ0v) is 9.45. The highest BCUT2D eigenvalue weighted by atomic mass is 79.9. The molecule has 1 aliphatic rings. The molecular formula is C9H14BrF2NO. The Labute approximate surface area is 90.6 Å². The van der Waals surface area contributed by atoms with Gasteiger partial charge in [-0.1, -0.05) is 15.9 Å². The van der Waals surface area contributed by atoms with Gasteiger partial charge in [0.2, 0.25) is 11.8 Å². The average molecular weight is 270 g/mol. The Balaban J connectivity index is 2.30. The van der Waals surface area contributed by atoms with E-state index in [-0.39, 0.29) is 24.7 Å². The summed E-state index contributed by atoms with van der Waals surface area (Å²) in [5.74, 6) is -2.85. The van der Waals surface area contributed by atoms with Crippen molar-refractivity contribution < 1.29 is 13.6 Å². The van der Waals surface area contributed by atoms with Crippen molar-refractivity contribution in [2.75, 3.05) is 11.9 Å². The minimum Gasteiger partial charge on any atom is -0.355 e. The Morgan fingerprint density at radius 2 is 2.00 bits per heavy atom. The van der Waals surface area contributed by atoms with Gasteiger partial charge in [-0.25, -0.2) is 8.78 Å². The lowest BCUT2D eigenvalue weighted by atomic mass is 9.86. The fraction of sp³-hybridized carbons (Fsp3) is 0.889. The number of hydrogen-bond donors (Lipinski definition) is 1. The molecule has 0 radical (unpaired) electrons. The van der Waals surface area contributed by atoms with Crippen LogP contribution in [0.3, 0.4) is 0 Å². The lowest BCUT2D eigenvalue weighted by molar-refractivity contribution is -0.129. The van der Waals surface area contributed by atoms with Gasteiger partial charge in [0, 0.05) is 30.6 Å². The van der Waals surface area contributed by atoms with Crippen LogP contribution in [0, 0.1) is 5.92 Å². The number of carbonyl (C=O) groups is 1. The maximum absolute atomic E-state index is 12.8. The monoisotopic (exact) mass is 269 g/mol. The summed E-state index contributed by atoms with van der Waals surface area (Å²) in [6, 6.07) is 0. The van der Waals surface area contributed by atoms with E-state index in [4.69, 9.17) is 0 Å². The zero-order chi connectivity index (χ0) is 10.6. The summed E-state index contributed by atoms with van der Waals surface area (Å²) in [5, 5.41) is 3.39. The van der Waals surface area contributed by atoms with Crippen LogP contribution in [-0.2, 0) is 4.79 Å². The highest BCUT2D eigenvalue weighted by Gasteiger charge is 2.37. The molecule has 2 nitrogen and oxygen atoms in total. The maximum Gasteiger partial charge on any atom is 0.248 e. The Morgan fingerprint density at radius 1 is 1.43 bits per heavy atom. The smallest absolute Gasteiger partial charge is 0.248 e. The second kappa shape index (κ2) is 5.05. The molecular weight excluding hydrogens is 256 g/mol. The molecule has 1 amide bonds. The third-order valence-corrected chi connectivity index (χ3v) is 2.88. The molecule has 5 heteroatoms. The Hall–Kier alpha value is -0.190. The molecule has 0 aliphatic heterocycles. The van der Waals surface area contributed by atoms with E-state index < -0.39 is 5.92 Å². The molecule has 1 fully saturated rings. The van der Waals surface area contributed by atoms with Crippen LogP contribution < -0.4 is 5.32 Å². The van der Waals surface area contributed by atoms with Gasteiger partial charge >= 0.3 is 0 Å². The SMILES string of the molecule is O=C(NCCBr)C1CCC(F)(F)CC1. The number of carbonyl (C=O) groups excluding carboxylic acids is 1. The largest absolute Gasteiger partial charge is 0.355 e. The summed E-state index contributed by atoms with van der Waals surface area (Å²) in [6.45, 7) is 0.561. The van der Waals surface area contributed by atoms with Crippen molar-refractivity contribution in [2.45, 2.75) is 31.6 Å². The molecule has 1 saturated carbocycles. The van der Waals surface area contributed by atoms with Crippen LogP contribution in [0.5, 0.6) is 0 Å². The number of hydrogen-bond acceptors (Lipinski definition) is 1. The van der Waals surface area contributed by atoms with Gasteiger partial charge < -0.3 is 5.32 Å². The molecule has 1 N–H and O–H groups in total. The van der Waals surface area contributed by atoms with Gasteiger partial charge in [0.05, 0.1) is 0 Å². The first-order valence-corrected chi connectivity index (χ1v) is 5.89. The van der Waals surface area contributed by atoms with Gasteiger partial charge in [-0.05, 0) is 12.8 Å². The summed E-state index contributed by atoms with van der Waals surface area (Å²) in [6.07, 6.45) is 0.307. The molecule has 1 rings (SSSR count). The van der Waals surface area contributed by atoms with Gasteiger partial charge in [-0.3, -0.25) is 4.79 Å². The molecule has 0 aromatic carbocycles. The predicted octanol–water partition coefficient (Wildman–Crippen LogP) is 2.32. The summed E-state index contributed by atoms with van der Waals surface area (Å²) in [4.78, 5) is 11.4. The third kappa shape index (κ3) is 3.52. The first-order valence-electron chi connectivity index (χ1n) is 4.77. The summed E-state index contributed by atoms with van der Waals surface area (Å²) < 4.78 is 25.5. The van der Waals surface area contributed by atoms with E-state index in [0.717, 1.165) is 0 Å². The molecule has 0 aromatic heterocycles. The first-order chi connectivity index (χ1) is 6.55. The van der Waals surface area contributed by atoms with E-state index in [9.17, 15) is 13.6 Å². The molecule has 14 heavy (non-hydrogen) atoms. The van der Waals surface area contributed by atoms with E-state index >= 15 is 0 Å². The van der Waals surface area contributed by atoms with E-state index in [1.807, 2.05) is 0 Å². The fourth-order valence-corrected chi connectivity index (χ4v) is 1.82. The predicted molar refractivity (Wildman–Crippen MR) is 53.7 cm³/mol. The quantitative estimate of drug-likeness (QED) is 0.783. The average Bonchev–Trinajstić information content (AvgIpc) is 2.14. The van der Waals surface area contributed by atoms with E-state index in [2.05, 4.69) is 21.2 Å². The molecule has 0 unspecified atom stereocenters. The molecule has 0 saturated heterocycles. The summed E-state index contributed by atoms with van der Waals surface area (Å²) >= 11 is 3.19. The number of nitrogens with one attached hydrogen (secondary N) is 1. The number of alkyl halides is 3. The lowest BCUT2D eigenvalue weighted by Crippen LogP contribution is -2.36. The second-order valence-electron chi connectivity index (χ2n) is 3.61. The van der Waals surface area contributed by atoms with Gasteiger partial charge in [0.25, 0.3) is 0 Å². The van der Waals surface area contributed by atoms with Crippen molar-refractivity contribution >= 4 is 21.8 Å². The Kier molecular flexibility index (Phi) is 4.29. The zero-order valence-electron chi connectivity index (χ0n) is 7.86. The summed E-state index contributed by atoms with van der Waals surface area (Å²) in [7, 11) is 0. The maximum atomic E-state index is 12.8. The fourth-order valence-electron chi connectivity index (χ4n) is 1.62. The standard InChI is InChI=1S/C9H14BrF2NO/c10-5-6-13-8(14)7-1-3-9(11,12)4-2-7/h7H,1-6H2,(H,13,14).